The van der Waals surface area contributed by atoms with Crippen molar-refractivity contribution < 1.29 is 60.0 Å². The maximum absolute atomic E-state index is 9.70. The fraction of sp³-hybridized carbons (Fsp3) is 0.762. The molecule has 0 aromatic carbocycles. The van der Waals surface area contributed by atoms with Gasteiger partial charge in [0.25, 0.3) is 0 Å². The van der Waals surface area contributed by atoms with Gasteiger partial charge in [-0.25, -0.2) is 0 Å². The van der Waals surface area contributed by atoms with Crippen LogP contribution in [0.1, 0.15) is 79.1 Å². The molecule has 0 radical (unpaired) electrons. The number of carbonyl (C=O) groups excluding carboxylic acids is 4. The first kappa shape index (κ1) is 41.0. The van der Waals surface area contributed by atoms with Crippen molar-refractivity contribution in [3.8, 4) is 0 Å². The molecule has 33 heavy (non-hydrogen) atoms. The number of aliphatic carboxylic acids is 4. The van der Waals surface area contributed by atoms with E-state index < -0.39 is 48.3 Å². The molecule has 4 N–H and O–H groups in total. The molecule has 0 rings (SSSR count). The summed E-state index contributed by atoms with van der Waals surface area (Å²) in [7, 11) is 0. The molecule has 0 bridgehead atoms. The summed E-state index contributed by atoms with van der Waals surface area (Å²) in [5.41, 5.74) is 0. The molecule has 0 saturated carbocycles. The molecule has 12 nitrogen and oxygen atoms in total. The van der Waals surface area contributed by atoms with Gasteiger partial charge in [-0.05, 0) is 25.7 Å². The van der Waals surface area contributed by atoms with Gasteiger partial charge >= 0.3 is 7.43 Å². The first-order valence-corrected chi connectivity index (χ1v) is 10.2. The van der Waals surface area contributed by atoms with E-state index in [1.807, 2.05) is 0 Å². The Morgan fingerprint density at radius 3 is 0.636 bits per heavy atom. The summed E-state index contributed by atoms with van der Waals surface area (Å²) in [6.07, 6.45) is -2.09. The second-order valence-electron chi connectivity index (χ2n) is 6.55. The van der Waals surface area contributed by atoms with E-state index in [4.69, 9.17) is 20.4 Å². The summed E-state index contributed by atoms with van der Waals surface area (Å²) in [5.74, 6) is -4.78. The number of hydrogen-bond acceptors (Lipinski definition) is 12. The van der Waals surface area contributed by atoms with Gasteiger partial charge in [0.15, 0.2) is 0 Å². The maximum Gasteiger partial charge on any atom is 4.00 e. The van der Waals surface area contributed by atoms with E-state index in [1.165, 1.54) is 0 Å². The third-order valence-corrected chi connectivity index (χ3v) is 3.49. The zero-order chi connectivity index (χ0) is 26.3. The van der Waals surface area contributed by atoms with Crippen LogP contribution < -0.4 is 20.4 Å². The molecule has 4 atom stereocenters. The smallest absolute Gasteiger partial charge is 0.550 e. The Morgan fingerprint density at radius 2 is 0.606 bits per heavy atom. The molecule has 0 fully saturated rings. The third-order valence-electron chi connectivity index (χ3n) is 3.49. The summed E-state index contributed by atoms with van der Waals surface area (Å²) < 4.78 is 0. The zero-order valence-corrected chi connectivity index (χ0v) is 19.5. The summed E-state index contributed by atoms with van der Waals surface area (Å²) in [6, 6.07) is 0. The molecule has 0 aliphatic heterocycles. The molecule has 0 amide bonds. The van der Waals surface area contributed by atoms with Gasteiger partial charge in [0.2, 0.25) is 0 Å². The SMILES string of the molecule is CCC(O)CC(=O)[O-].CCC(O)CC(=O)[O-].CCC(O)CC(=O)[O-].CCC(O)CC(=O)[O-].[C+4]. The number of carboxylic acids is 4. The predicted octanol–water partition coefficient (Wildman–Crippen LogP) is -4.33. The molecule has 12 heteroatoms. The van der Waals surface area contributed by atoms with Crippen LogP contribution in [0.25, 0.3) is 0 Å². The van der Waals surface area contributed by atoms with Crippen molar-refractivity contribution in [2.24, 2.45) is 0 Å². The van der Waals surface area contributed by atoms with Gasteiger partial charge in [0.05, 0.1) is 24.4 Å². The second-order valence-corrected chi connectivity index (χ2v) is 6.55. The van der Waals surface area contributed by atoms with E-state index in [0.717, 1.165) is 0 Å². The molecule has 0 aromatic heterocycles. The summed E-state index contributed by atoms with van der Waals surface area (Å²) in [4.78, 5) is 38.8. The second kappa shape index (κ2) is 27.8. The van der Waals surface area contributed by atoms with Gasteiger partial charge in [-0.1, -0.05) is 27.7 Å². The van der Waals surface area contributed by atoms with E-state index in [9.17, 15) is 39.6 Å². The average molecular weight is 481 g/mol. The molecular formula is C21H36O12. The number of carboxylic acid groups (broad SMARTS) is 4. The van der Waals surface area contributed by atoms with Crippen LogP contribution in [0.2, 0.25) is 0 Å². The first-order valence-electron chi connectivity index (χ1n) is 10.2. The minimum Gasteiger partial charge on any atom is -0.550 e. The van der Waals surface area contributed by atoms with Crippen LogP contribution in [-0.4, -0.2) is 68.7 Å². The number of hydrogen-bond donors (Lipinski definition) is 4. The molecular weight excluding hydrogens is 444 g/mol. The molecule has 4 unspecified atom stereocenters. The summed E-state index contributed by atoms with van der Waals surface area (Å²) >= 11 is 0. The van der Waals surface area contributed by atoms with Gasteiger partial charge in [0.1, 0.15) is 0 Å². The Labute approximate surface area is 195 Å². The van der Waals surface area contributed by atoms with Crippen LogP contribution in [0, 0.1) is 7.43 Å². The molecule has 0 aromatic rings. The molecule has 0 saturated heterocycles. The normalized spacial score (nSPS) is 12.8. The van der Waals surface area contributed by atoms with Crippen LogP contribution in [0.15, 0.2) is 0 Å². The van der Waals surface area contributed by atoms with E-state index in [2.05, 4.69) is 0 Å². The van der Waals surface area contributed by atoms with Crippen molar-refractivity contribution in [1.29, 1.82) is 0 Å². The molecule has 0 spiro atoms. The number of rotatable bonds is 12. The maximum atomic E-state index is 9.70. The van der Waals surface area contributed by atoms with Crippen LogP contribution in [0.3, 0.4) is 0 Å². The number of carbonyl (C=O) groups is 4. The van der Waals surface area contributed by atoms with Crippen molar-refractivity contribution in [2.45, 2.75) is 103 Å². The third kappa shape index (κ3) is 48.4. The fourth-order valence-corrected chi connectivity index (χ4v) is 1.35. The van der Waals surface area contributed by atoms with Crippen molar-refractivity contribution in [1.82, 2.24) is 0 Å². The Bertz CT molecular complexity index is 408. The summed E-state index contributed by atoms with van der Waals surface area (Å²) in [5, 5.41) is 73.2. The van der Waals surface area contributed by atoms with Gasteiger partial charge in [-0.15, -0.1) is 0 Å². The van der Waals surface area contributed by atoms with E-state index in [0.29, 0.717) is 25.7 Å². The van der Waals surface area contributed by atoms with Gasteiger partial charge in [0, 0.05) is 49.6 Å². The van der Waals surface area contributed by atoms with Gasteiger partial charge in [-0.2, -0.15) is 0 Å². The zero-order valence-electron chi connectivity index (χ0n) is 19.5. The van der Waals surface area contributed by atoms with Crippen LogP contribution >= 0.6 is 0 Å². The van der Waals surface area contributed by atoms with Crippen LogP contribution in [0.5, 0.6) is 0 Å². The van der Waals surface area contributed by atoms with Crippen LogP contribution in [-0.2, 0) is 19.2 Å². The molecule has 0 aliphatic rings. The average Bonchev–Trinajstić information content (AvgIpc) is 2.67. The molecule has 0 heterocycles. The standard InChI is InChI=1S/4C5H10O3.C/c4*1-2-4(6)3-5(7)8;/h4*4,6H,2-3H2,1H3,(H,7,8);/q;;;;+4/p-4. The van der Waals surface area contributed by atoms with Crippen molar-refractivity contribution in [3.63, 3.8) is 0 Å². The topological polar surface area (TPSA) is 241 Å². The first-order chi connectivity index (χ1) is 14.7. The molecule has 0 aliphatic carbocycles. The predicted molar refractivity (Wildman–Crippen MR) is 107 cm³/mol. The number of aliphatic hydroxyl groups excluding tert-OH is 4. The van der Waals surface area contributed by atoms with Crippen molar-refractivity contribution in [3.05, 3.63) is 7.43 Å². The minimum atomic E-state index is -1.20. The number of aliphatic hydroxyl groups is 4. The largest absolute Gasteiger partial charge is 4.00 e. The molecule has 192 valence electrons. The van der Waals surface area contributed by atoms with Crippen molar-refractivity contribution in [2.75, 3.05) is 0 Å². The Balaban J connectivity index is -0.000000105. The van der Waals surface area contributed by atoms with Crippen LogP contribution in [0.4, 0.5) is 0 Å². The quantitative estimate of drug-likeness (QED) is 0.207. The Morgan fingerprint density at radius 1 is 0.485 bits per heavy atom. The van der Waals surface area contributed by atoms with Gasteiger partial charge < -0.3 is 60.0 Å². The van der Waals surface area contributed by atoms with E-state index >= 15 is 0 Å². The van der Waals surface area contributed by atoms with E-state index in [1.54, 1.807) is 27.7 Å². The Hall–Kier alpha value is -2.28. The Kier molecular flexibility index (Phi) is 34.5. The summed E-state index contributed by atoms with van der Waals surface area (Å²) in [6.45, 7) is 6.86. The van der Waals surface area contributed by atoms with Crippen molar-refractivity contribution >= 4 is 23.9 Å². The van der Waals surface area contributed by atoms with E-state index in [-0.39, 0.29) is 33.1 Å². The fourth-order valence-electron chi connectivity index (χ4n) is 1.35. The monoisotopic (exact) mass is 480 g/mol. The van der Waals surface area contributed by atoms with Gasteiger partial charge in [-0.3, -0.25) is 0 Å². The minimum absolute atomic E-state index is 0.